The van der Waals surface area contributed by atoms with Crippen LogP contribution in [0, 0.1) is 11.8 Å². The van der Waals surface area contributed by atoms with E-state index in [9.17, 15) is 4.79 Å². The largest absolute Gasteiger partial charge is 0.292 e. The average molecular weight is 209 g/mol. The SMILES string of the molecule is CC(C)CC(=O)c1cnnn1CC(C)C. The van der Waals surface area contributed by atoms with Crippen molar-refractivity contribution in [2.45, 2.75) is 40.7 Å². The highest BCUT2D eigenvalue weighted by Gasteiger charge is 2.14. The molecule has 4 heteroatoms. The van der Waals surface area contributed by atoms with Gasteiger partial charge in [-0.3, -0.25) is 4.79 Å². The van der Waals surface area contributed by atoms with Crippen molar-refractivity contribution in [1.82, 2.24) is 15.0 Å². The zero-order valence-electron chi connectivity index (χ0n) is 9.90. The van der Waals surface area contributed by atoms with Crippen molar-refractivity contribution in [1.29, 1.82) is 0 Å². The van der Waals surface area contributed by atoms with Crippen LogP contribution in [0.1, 0.15) is 44.6 Å². The van der Waals surface area contributed by atoms with Crippen molar-refractivity contribution in [2.75, 3.05) is 0 Å². The van der Waals surface area contributed by atoms with Crippen molar-refractivity contribution in [2.24, 2.45) is 11.8 Å². The minimum atomic E-state index is 0.135. The van der Waals surface area contributed by atoms with Gasteiger partial charge in [0.2, 0.25) is 0 Å². The van der Waals surface area contributed by atoms with Crippen molar-refractivity contribution in [3.8, 4) is 0 Å². The predicted octanol–water partition coefficient (Wildman–Crippen LogP) is 2.16. The first-order chi connectivity index (χ1) is 7.00. The molecular weight excluding hydrogens is 190 g/mol. The van der Waals surface area contributed by atoms with Crippen LogP contribution in [0.25, 0.3) is 0 Å². The highest BCUT2D eigenvalue weighted by Crippen LogP contribution is 2.09. The molecule has 0 aliphatic rings. The molecule has 0 spiro atoms. The molecule has 1 aromatic heterocycles. The number of aromatic nitrogens is 3. The van der Waals surface area contributed by atoms with Crippen LogP contribution < -0.4 is 0 Å². The van der Waals surface area contributed by atoms with Gasteiger partial charge in [-0.05, 0) is 11.8 Å². The number of rotatable bonds is 5. The van der Waals surface area contributed by atoms with E-state index < -0.39 is 0 Å². The molecule has 0 fully saturated rings. The second-order valence-electron chi connectivity index (χ2n) is 4.72. The van der Waals surface area contributed by atoms with Crippen LogP contribution in [0.15, 0.2) is 6.20 Å². The number of hydrogen-bond acceptors (Lipinski definition) is 3. The summed E-state index contributed by atoms with van der Waals surface area (Å²) in [7, 11) is 0. The summed E-state index contributed by atoms with van der Waals surface area (Å²) < 4.78 is 1.70. The molecule has 0 unspecified atom stereocenters. The number of Topliss-reactive ketones (excluding diaryl/α,β-unsaturated/α-hetero) is 1. The van der Waals surface area contributed by atoms with E-state index in [4.69, 9.17) is 0 Å². The van der Waals surface area contributed by atoms with Crippen molar-refractivity contribution >= 4 is 5.78 Å². The maximum atomic E-state index is 11.8. The molecule has 0 aromatic carbocycles. The smallest absolute Gasteiger partial charge is 0.182 e. The van der Waals surface area contributed by atoms with Gasteiger partial charge in [-0.2, -0.15) is 0 Å². The molecule has 0 N–H and O–H groups in total. The van der Waals surface area contributed by atoms with E-state index in [0.717, 1.165) is 6.54 Å². The van der Waals surface area contributed by atoms with Gasteiger partial charge in [-0.15, -0.1) is 5.10 Å². The summed E-state index contributed by atoms with van der Waals surface area (Å²) in [5.41, 5.74) is 0.636. The third-order valence-corrected chi connectivity index (χ3v) is 2.04. The van der Waals surface area contributed by atoms with Crippen LogP contribution in [0.4, 0.5) is 0 Å². The molecule has 0 atom stereocenters. The van der Waals surface area contributed by atoms with Crippen LogP contribution in [0.5, 0.6) is 0 Å². The number of ketones is 1. The lowest BCUT2D eigenvalue weighted by molar-refractivity contribution is 0.0956. The lowest BCUT2D eigenvalue weighted by atomic mass is 10.1. The Hall–Kier alpha value is -1.19. The Morgan fingerprint density at radius 2 is 2.00 bits per heavy atom. The summed E-state index contributed by atoms with van der Waals surface area (Å²) >= 11 is 0. The highest BCUT2D eigenvalue weighted by atomic mass is 16.1. The first-order valence-corrected chi connectivity index (χ1v) is 5.42. The normalized spacial score (nSPS) is 11.3. The first kappa shape index (κ1) is 11.9. The fourth-order valence-corrected chi connectivity index (χ4v) is 1.43. The number of hydrogen-bond donors (Lipinski definition) is 0. The summed E-state index contributed by atoms with van der Waals surface area (Å²) in [6, 6.07) is 0. The van der Waals surface area contributed by atoms with Gasteiger partial charge >= 0.3 is 0 Å². The van der Waals surface area contributed by atoms with Gasteiger partial charge in [0.1, 0.15) is 5.69 Å². The lowest BCUT2D eigenvalue weighted by Gasteiger charge is -2.08. The molecule has 1 aromatic rings. The van der Waals surface area contributed by atoms with E-state index in [1.165, 1.54) is 0 Å². The van der Waals surface area contributed by atoms with E-state index in [1.807, 2.05) is 13.8 Å². The Balaban J connectivity index is 2.76. The molecule has 0 saturated heterocycles. The van der Waals surface area contributed by atoms with E-state index >= 15 is 0 Å². The van der Waals surface area contributed by atoms with Crippen LogP contribution >= 0.6 is 0 Å². The molecule has 84 valence electrons. The molecule has 0 radical (unpaired) electrons. The Morgan fingerprint density at radius 1 is 1.33 bits per heavy atom. The van der Waals surface area contributed by atoms with Gasteiger partial charge in [0.05, 0.1) is 6.20 Å². The van der Waals surface area contributed by atoms with Crippen LogP contribution in [0.2, 0.25) is 0 Å². The lowest BCUT2D eigenvalue weighted by Crippen LogP contribution is -2.15. The van der Waals surface area contributed by atoms with Gasteiger partial charge < -0.3 is 0 Å². The molecule has 4 nitrogen and oxygen atoms in total. The van der Waals surface area contributed by atoms with E-state index in [0.29, 0.717) is 24.0 Å². The molecular formula is C11H19N3O. The van der Waals surface area contributed by atoms with Crippen LogP contribution in [-0.4, -0.2) is 20.8 Å². The van der Waals surface area contributed by atoms with Gasteiger partial charge in [-0.1, -0.05) is 32.9 Å². The number of carbonyl (C=O) groups excluding carboxylic acids is 1. The summed E-state index contributed by atoms with van der Waals surface area (Å²) in [5.74, 6) is 0.979. The standard InChI is InChI=1S/C11H19N3O/c1-8(2)5-11(15)10-6-12-13-14(10)7-9(3)4/h6,8-9H,5,7H2,1-4H3. The van der Waals surface area contributed by atoms with Crippen LogP contribution in [0.3, 0.4) is 0 Å². The van der Waals surface area contributed by atoms with Gasteiger partial charge in [0.25, 0.3) is 0 Å². The molecule has 15 heavy (non-hydrogen) atoms. The first-order valence-electron chi connectivity index (χ1n) is 5.42. The Labute approximate surface area is 90.7 Å². The van der Waals surface area contributed by atoms with Gasteiger partial charge in [-0.25, -0.2) is 4.68 Å². The number of nitrogens with zero attached hydrogens (tertiary/aromatic N) is 3. The van der Waals surface area contributed by atoms with E-state index in [1.54, 1.807) is 10.9 Å². The van der Waals surface area contributed by atoms with E-state index in [2.05, 4.69) is 24.2 Å². The van der Waals surface area contributed by atoms with Crippen molar-refractivity contribution in [3.05, 3.63) is 11.9 Å². The van der Waals surface area contributed by atoms with Crippen LogP contribution in [-0.2, 0) is 6.54 Å². The minimum Gasteiger partial charge on any atom is -0.292 e. The molecule has 1 rings (SSSR count). The second-order valence-corrected chi connectivity index (χ2v) is 4.72. The molecule has 0 aliphatic carbocycles. The highest BCUT2D eigenvalue weighted by molar-refractivity contribution is 5.94. The zero-order valence-corrected chi connectivity index (χ0v) is 9.90. The summed E-state index contributed by atoms with van der Waals surface area (Å²) in [5, 5.41) is 7.73. The Kier molecular flexibility index (Phi) is 4.00. The third-order valence-electron chi connectivity index (χ3n) is 2.04. The molecule has 0 saturated carbocycles. The quantitative estimate of drug-likeness (QED) is 0.698. The maximum Gasteiger partial charge on any atom is 0.182 e. The molecule has 0 aliphatic heterocycles. The fraction of sp³-hybridized carbons (Fsp3) is 0.727. The van der Waals surface area contributed by atoms with Gasteiger partial charge in [0, 0.05) is 13.0 Å². The summed E-state index contributed by atoms with van der Waals surface area (Å²) in [6.07, 6.45) is 2.12. The monoisotopic (exact) mass is 209 g/mol. The molecule has 1 heterocycles. The Bertz CT molecular complexity index is 328. The second kappa shape index (κ2) is 5.05. The van der Waals surface area contributed by atoms with E-state index in [-0.39, 0.29) is 5.78 Å². The van der Waals surface area contributed by atoms with Crippen molar-refractivity contribution in [3.63, 3.8) is 0 Å². The zero-order chi connectivity index (χ0) is 11.4. The van der Waals surface area contributed by atoms with Crippen molar-refractivity contribution < 1.29 is 4.79 Å². The molecule has 0 amide bonds. The topological polar surface area (TPSA) is 47.8 Å². The third kappa shape index (κ3) is 3.46. The fourth-order valence-electron chi connectivity index (χ4n) is 1.43. The molecule has 0 bridgehead atoms. The average Bonchev–Trinajstić information content (AvgIpc) is 2.49. The maximum absolute atomic E-state index is 11.8. The predicted molar refractivity (Wildman–Crippen MR) is 58.6 cm³/mol. The van der Waals surface area contributed by atoms with Gasteiger partial charge in [0.15, 0.2) is 5.78 Å². The summed E-state index contributed by atoms with van der Waals surface area (Å²) in [6.45, 7) is 9.01. The number of carbonyl (C=O) groups is 1. The summed E-state index contributed by atoms with van der Waals surface area (Å²) in [4.78, 5) is 11.8. The minimum absolute atomic E-state index is 0.135. The Morgan fingerprint density at radius 3 is 2.53 bits per heavy atom.